The van der Waals surface area contributed by atoms with Gasteiger partial charge in [-0.25, -0.2) is 4.98 Å². The molecule has 0 saturated heterocycles. The minimum Gasteiger partial charge on any atom is -0.493 e. The minimum absolute atomic E-state index is 0.0751. The van der Waals surface area contributed by atoms with E-state index in [1.54, 1.807) is 12.1 Å². The molecule has 6 heteroatoms. The van der Waals surface area contributed by atoms with Gasteiger partial charge in [-0.15, -0.1) is 0 Å². The number of aryl methyl sites for hydroxylation is 1. The third kappa shape index (κ3) is 3.84. The van der Waals surface area contributed by atoms with E-state index in [-0.39, 0.29) is 23.8 Å². The van der Waals surface area contributed by atoms with Gasteiger partial charge in [0.2, 0.25) is 5.91 Å². The van der Waals surface area contributed by atoms with Crippen LogP contribution >= 0.6 is 0 Å². The lowest BCUT2D eigenvalue weighted by Crippen LogP contribution is -2.35. The van der Waals surface area contributed by atoms with Crippen molar-refractivity contribution >= 4 is 16.8 Å². The van der Waals surface area contributed by atoms with Gasteiger partial charge in [-0.2, -0.15) is 0 Å². The van der Waals surface area contributed by atoms with Gasteiger partial charge in [-0.3, -0.25) is 14.2 Å². The molecular formula is C21H21N3O3. The lowest BCUT2D eigenvalue weighted by molar-refractivity contribution is -0.121. The highest BCUT2D eigenvalue weighted by molar-refractivity contribution is 5.77. The molecule has 138 valence electrons. The van der Waals surface area contributed by atoms with Crippen LogP contribution in [0.2, 0.25) is 0 Å². The largest absolute Gasteiger partial charge is 0.493 e. The Morgan fingerprint density at radius 3 is 2.93 bits per heavy atom. The van der Waals surface area contributed by atoms with E-state index in [2.05, 4.69) is 16.4 Å². The summed E-state index contributed by atoms with van der Waals surface area (Å²) in [5.41, 5.74) is 1.73. The second-order valence-corrected chi connectivity index (χ2v) is 6.80. The molecule has 0 radical (unpaired) electrons. The first-order valence-corrected chi connectivity index (χ1v) is 9.12. The van der Waals surface area contributed by atoms with Gasteiger partial charge in [0.05, 0.1) is 23.8 Å². The Morgan fingerprint density at radius 2 is 2.00 bits per heavy atom. The lowest BCUT2D eigenvalue weighted by Gasteiger charge is -2.25. The number of fused-ring (bicyclic) bond motifs is 2. The zero-order valence-electron chi connectivity index (χ0n) is 14.9. The average Bonchev–Trinajstić information content (AvgIpc) is 2.72. The topological polar surface area (TPSA) is 73.2 Å². The van der Waals surface area contributed by atoms with Crippen molar-refractivity contribution in [3.8, 4) is 5.75 Å². The molecule has 1 aromatic heterocycles. The zero-order valence-corrected chi connectivity index (χ0v) is 14.9. The summed E-state index contributed by atoms with van der Waals surface area (Å²) in [6.45, 7) is 1.48. The van der Waals surface area contributed by atoms with Crippen LogP contribution in [0.5, 0.6) is 5.75 Å². The molecular weight excluding hydrogens is 342 g/mol. The number of ether oxygens (including phenoxy) is 1. The number of amides is 1. The lowest BCUT2D eigenvalue weighted by atomic mass is 9.97. The van der Waals surface area contributed by atoms with Crippen molar-refractivity contribution in [1.82, 2.24) is 14.9 Å². The van der Waals surface area contributed by atoms with Gasteiger partial charge in [0.25, 0.3) is 5.56 Å². The number of hydrogen-bond donors (Lipinski definition) is 1. The quantitative estimate of drug-likeness (QED) is 0.754. The van der Waals surface area contributed by atoms with Crippen molar-refractivity contribution in [3.05, 3.63) is 70.8 Å². The molecule has 2 heterocycles. The normalized spacial score (nSPS) is 15.8. The molecule has 0 bridgehead atoms. The predicted molar refractivity (Wildman–Crippen MR) is 103 cm³/mol. The maximum atomic E-state index is 12.4. The molecule has 1 aliphatic heterocycles. The van der Waals surface area contributed by atoms with Gasteiger partial charge in [-0.05, 0) is 30.2 Å². The predicted octanol–water partition coefficient (Wildman–Crippen LogP) is 2.15. The van der Waals surface area contributed by atoms with Crippen LogP contribution in [0.15, 0.2) is 59.7 Å². The molecule has 27 heavy (non-hydrogen) atoms. The molecule has 2 aromatic carbocycles. The monoisotopic (exact) mass is 363 g/mol. The Morgan fingerprint density at radius 1 is 1.19 bits per heavy atom. The second kappa shape index (κ2) is 7.61. The smallest absolute Gasteiger partial charge is 0.261 e. The SMILES string of the molecule is O=C(CCn1cnc2ccccc2c1=O)NC[C@@H]1COc2ccccc2C1. The standard InChI is InChI=1S/C21H21N3O3/c25-20(22-12-15-11-16-5-1-4-8-19(16)27-13-15)9-10-24-14-23-18-7-3-2-6-17(18)21(24)26/h1-8,14-15H,9-13H2,(H,22,25)/t15-/m1/s1. The summed E-state index contributed by atoms with van der Waals surface area (Å²) in [6.07, 6.45) is 2.64. The number of para-hydroxylation sites is 2. The molecule has 4 rings (SSSR count). The number of carbonyl (C=O) groups excluding carboxylic acids is 1. The molecule has 0 saturated carbocycles. The summed E-state index contributed by atoms with van der Waals surface area (Å²) in [4.78, 5) is 28.9. The van der Waals surface area contributed by atoms with E-state index in [1.807, 2.05) is 30.3 Å². The third-order valence-corrected chi connectivity index (χ3v) is 4.85. The van der Waals surface area contributed by atoms with Crippen LogP contribution < -0.4 is 15.6 Å². The van der Waals surface area contributed by atoms with Gasteiger partial charge in [0, 0.05) is 25.4 Å². The van der Waals surface area contributed by atoms with Crippen molar-refractivity contribution in [3.63, 3.8) is 0 Å². The highest BCUT2D eigenvalue weighted by Gasteiger charge is 2.19. The number of rotatable bonds is 5. The summed E-state index contributed by atoms with van der Waals surface area (Å²) in [6, 6.07) is 15.2. The van der Waals surface area contributed by atoms with Crippen LogP contribution in [-0.2, 0) is 17.8 Å². The molecule has 0 spiro atoms. The molecule has 3 aromatic rings. The summed E-state index contributed by atoms with van der Waals surface area (Å²) < 4.78 is 7.24. The number of nitrogens with one attached hydrogen (secondary N) is 1. The molecule has 1 atom stereocenters. The summed E-state index contributed by atoms with van der Waals surface area (Å²) in [7, 11) is 0. The number of hydrogen-bond acceptors (Lipinski definition) is 4. The Balaban J connectivity index is 1.31. The van der Waals surface area contributed by atoms with E-state index in [1.165, 1.54) is 16.5 Å². The maximum Gasteiger partial charge on any atom is 0.261 e. The molecule has 0 fully saturated rings. The van der Waals surface area contributed by atoms with E-state index < -0.39 is 0 Å². The van der Waals surface area contributed by atoms with Gasteiger partial charge in [-0.1, -0.05) is 30.3 Å². The maximum absolute atomic E-state index is 12.4. The molecule has 0 unspecified atom stereocenters. The van der Waals surface area contributed by atoms with Crippen LogP contribution in [0, 0.1) is 5.92 Å². The molecule has 6 nitrogen and oxygen atoms in total. The zero-order chi connectivity index (χ0) is 18.6. The van der Waals surface area contributed by atoms with Crippen molar-refractivity contribution in [2.24, 2.45) is 5.92 Å². The van der Waals surface area contributed by atoms with Crippen LogP contribution in [-0.4, -0.2) is 28.6 Å². The first-order valence-electron chi connectivity index (χ1n) is 9.12. The number of carbonyl (C=O) groups is 1. The van der Waals surface area contributed by atoms with E-state index in [0.29, 0.717) is 30.6 Å². The highest BCUT2D eigenvalue weighted by Crippen LogP contribution is 2.26. The third-order valence-electron chi connectivity index (χ3n) is 4.85. The molecule has 1 N–H and O–H groups in total. The van der Waals surface area contributed by atoms with Gasteiger partial charge in [0.15, 0.2) is 0 Å². The fourth-order valence-electron chi connectivity index (χ4n) is 3.36. The molecule has 0 aliphatic carbocycles. The van der Waals surface area contributed by atoms with Gasteiger partial charge in [0.1, 0.15) is 5.75 Å². The van der Waals surface area contributed by atoms with Crippen LogP contribution in [0.3, 0.4) is 0 Å². The van der Waals surface area contributed by atoms with Crippen LogP contribution in [0.1, 0.15) is 12.0 Å². The van der Waals surface area contributed by atoms with Crippen molar-refractivity contribution in [2.75, 3.05) is 13.2 Å². The van der Waals surface area contributed by atoms with Gasteiger partial charge < -0.3 is 10.1 Å². The first kappa shape index (κ1) is 17.3. The summed E-state index contributed by atoms with van der Waals surface area (Å²) in [5.74, 6) is 1.12. The van der Waals surface area contributed by atoms with E-state index >= 15 is 0 Å². The second-order valence-electron chi connectivity index (χ2n) is 6.80. The Bertz CT molecular complexity index is 1030. The van der Waals surface area contributed by atoms with E-state index in [0.717, 1.165) is 12.2 Å². The fourth-order valence-corrected chi connectivity index (χ4v) is 3.36. The summed E-state index contributed by atoms with van der Waals surface area (Å²) >= 11 is 0. The fraction of sp³-hybridized carbons (Fsp3) is 0.286. The minimum atomic E-state index is -0.120. The number of aromatic nitrogens is 2. The van der Waals surface area contributed by atoms with Gasteiger partial charge >= 0.3 is 0 Å². The van der Waals surface area contributed by atoms with E-state index in [4.69, 9.17) is 4.74 Å². The highest BCUT2D eigenvalue weighted by atomic mass is 16.5. The van der Waals surface area contributed by atoms with Crippen molar-refractivity contribution < 1.29 is 9.53 Å². The molecule has 1 amide bonds. The Labute approximate surface area is 156 Å². The van der Waals surface area contributed by atoms with Crippen LogP contribution in [0.4, 0.5) is 0 Å². The van der Waals surface area contributed by atoms with E-state index in [9.17, 15) is 9.59 Å². The number of benzene rings is 2. The molecule has 1 aliphatic rings. The first-order chi connectivity index (χ1) is 13.2. The Hall–Kier alpha value is -3.15. The van der Waals surface area contributed by atoms with Crippen LogP contribution in [0.25, 0.3) is 10.9 Å². The number of nitrogens with zero attached hydrogens (tertiary/aromatic N) is 2. The van der Waals surface area contributed by atoms with Crippen molar-refractivity contribution in [1.29, 1.82) is 0 Å². The van der Waals surface area contributed by atoms with Crippen molar-refractivity contribution in [2.45, 2.75) is 19.4 Å². The summed E-state index contributed by atoms with van der Waals surface area (Å²) in [5, 5.41) is 3.52. The Kier molecular flexibility index (Phi) is 4.87. The average molecular weight is 363 g/mol.